The van der Waals surface area contributed by atoms with Gasteiger partial charge in [-0.15, -0.1) is 0 Å². The number of carbonyl (C=O) groups excluding carboxylic acids is 1. The van der Waals surface area contributed by atoms with Crippen molar-refractivity contribution in [3.05, 3.63) is 57.6 Å². The summed E-state index contributed by atoms with van der Waals surface area (Å²) >= 11 is 6.20. The molecule has 2 aromatic heterocycles. The molecular formula is C21H24ClN5O4. The van der Waals surface area contributed by atoms with Gasteiger partial charge in [-0.1, -0.05) is 11.6 Å². The van der Waals surface area contributed by atoms with Crippen LogP contribution in [0.2, 0.25) is 5.02 Å². The first-order valence-electron chi connectivity index (χ1n) is 9.66. The zero-order valence-electron chi connectivity index (χ0n) is 17.8. The average molecular weight is 446 g/mol. The number of rotatable bonds is 8. The first kappa shape index (κ1) is 22.4. The molecule has 0 spiro atoms. The highest BCUT2D eigenvalue weighted by Crippen LogP contribution is 2.26. The van der Waals surface area contributed by atoms with Crippen LogP contribution in [0.25, 0.3) is 0 Å². The van der Waals surface area contributed by atoms with Crippen molar-refractivity contribution in [2.24, 2.45) is 0 Å². The topological polar surface area (TPSA) is 111 Å². The molecule has 31 heavy (non-hydrogen) atoms. The van der Waals surface area contributed by atoms with E-state index < -0.39 is 5.97 Å². The largest absolute Gasteiger partial charge is 0.476 e. The molecule has 3 aromatic rings. The van der Waals surface area contributed by atoms with Crippen LogP contribution >= 0.6 is 11.6 Å². The van der Waals surface area contributed by atoms with Gasteiger partial charge in [0, 0.05) is 24.2 Å². The molecular weight excluding hydrogens is 422 g/mol. The lowest BCUT2D eigenvalue weighted by atomic mass is 10.1. The fraction of sp³-hybridized carbons (Fsp3) is 0.333. The van der Waals surface area contributed by atoms with Crippen LogP contribution in [0.5, 0.6) is 5.75 Å². The van der Waals surface area contributed by atoms with Gasteiger partial charge in [0.2, 0.25) is 5.91 Å². The fourth-order valence-electron chi connectivity index (χ4n) is 3.15. The molecule has 1 amide bonds. The maximum atomic E-state index is 12.4. The van der Waals surface area contributed by atoms with E-state index in [0.717, 1.165) is 21.8 Å². The highest BCUT2D eigenvalue weighted by Gasteiger charge is 2.15. The number of carboxylic acids is 1. The number of halogens is 1. The summed E-state index contributed by atoms with van der Waals surface area (Å²) in [5, 5.41) is 20.8. The number of aryl methyl sites for hydroxylation is 4. The summed E-state index contributed by atoms with van der Waals surface area (Å²) in [6.45, 7) is 7.96. The van der Waals surface area contributed by atoms with E-state index >= 15 is 0 Å². The molecule has 0 bridgehead atoms. The van der Waals surface area contributed by atoms with Gasteiger partial charge in [0.05, 0.1) is 17.1 Å². The van der Waals surface area contributed by atoms with Crippen LogP contribution in [0.4, 0.5) is 5.69 Å². The molecule has 0 aliphatic heterocycles. The minimum Gasteiger partial charge on any atom is -0.476 e. The summed E-state index contributed by atoms with van der Waals surface area (Å²) in [6.07, 6.45) is 1.67. The number of benzene rings is 1. The SMILES string of the molecule is Cc1cc(OCn2nc(C)c(NC(=O)CCn3ccc(C(=O)O)n3)c2C)cc(C)c1Cl. The highest BCUT2D eigenvalue weighted by molar-refractivity contribution is 6.32. The van der Waals surface area contributed by atoms with Crippen LogP contribution in [-0.2, 0) is 18.1 Å². The normalized spacial score (nSPS) is 10.9. The number of hydrogen-bond donors (Lipinski definition) is 2. The predicted octanol–water partition coefficient (Wildman–Crippen LogP) is 3.73. The second-order valence-corrected chi connectivity index (χ2v) is 7.64. The summed E-state index contributed by atoms with van der Waals surface area (Å²) in [5.41, 5.74) is 3.88. The molecule has 0 saturated heterocycles. The number of aromatic nitrogens is 4. The van der Waals surface area contributed by atoms with E-state index in [-0.39, 0.29) is 31.3 Å². The number of carboxylic acid groups (broad SMARTS) is 1. The number of hydrogen-bond acceptors (Lipinski definition) is 5. The van der Waals surface area contributed by atoms with Crippen molar-refractivity contribution in [1.82, 2.24) is 19.6 Å². The molecule has 0 atom stereocenters. The lowest BCUT2D eigenvalue weighted by Gasteiger charge is -2.11. The quantitative estimate of drug-likeness (QED) is 0.546. The maximum absolute atomic E-state index is 12.4. The first-order chi connectivity index (χ1) is 14.7. The van der Waals surface area contributed by atoms with Gasteiger partial charge < -0.3 is 15.2 Å². The van der Waals surface area contributed by atoms with Crippen molar-refractivity contribution in [2.45, 2.75) is 47.4 Å². The highest BCUT2D eigenvalue weighted by atomic mass is 35.5. The zero-order chi connectivity index (χ0) is 22.7. The van der Waals surface area contributed by atoms with Gasteiger partial charge in [-0.2, -0.15) is 10.2 Å². The van der Waals surface area contributed by atoms with Gasteiger partial charge in [-0.05, 0) is 57.0 Å². The monoisotopic (exact) mass is 445 g/mol. The van der Waals surface area contributed by atoms with E-state index in [4.69, 9.17) is 21.4 Å². The molecule has 2 N–H and O–H groups in total. The summed E-state index contributed by atoms with van der Waals surface area (Å²) in [7, 11) is 0. The van der Waals surface area contributed by atoms with Crippen LogP contribution < -0.4 is 10.1 Å². The molecule has 3 rings (SSSR count). The Morgan fingerprint density at radius 1 is 1.16 bits per heavy atom. The van der Waals surface area contributed by atoms with Crippen LogP contribution in [0.1, 0.15) is 39.4 Å². The number of aromatic carboxylic acids is 1. The van der Waals surface area contributed by atoms with Gasteiger partial charge >= 0.3 is 5.97 Å². The van der Waals surface area contributed by atoms with E-state index in [1.165, 1.54) is 16.9 Å². The van der Waals surface area contributed by atoms with Crippen molar-refractivity contribution < 1.29 is 19.4 Å². The van der Waals surface area contributed by atoms with Gasteiger partial charge in [-0.3, -0.25) is 9.48 Å². The van der Waals surface area contributed by atoms with Crippen molar-refractivity contribution in [3.63, 3.8) is 0 Å². The first-order valence-corrected chi connectivity index (χ1v) is 10.0. The summed E-state index contributed by atoms with van der Waals surface area (Å²) < 4.78 is 8.96. The number of ether oxygens (including phenoxy) is 1. The van der Waals surface area contributed by atoms with Crippen LogP contribution in [-0.4, -0.2) is 36.5 Å². The Morgan fingerprint density at radius 3 is 2.45 bits per heavy atom. The van der Waals surface area contributed by atoms with Crippen LogP contribution in [0.3, 0.4) is 0 Å². The molecule has 0 radical (unpaired) electrons. The molecule has 0 saturated carbocycles. The third-order valence-electron chi connectivity index (χ3n) is 4.84. The second kappa shape index (κ2) is 9.22. The molecule has 0 aliphatic carbocycles. The van der Waals surface area contributed by atoms with Crippen molar-refractivity contribution in [3.8, 4) is 5.75 Å². The Kier molecular flexibility index (Phi) is 6.65. The standard InChI is InChI=1S/C21H24ClN5O4/c1-12-9-16(10-13(2)19(12)22)31-11-27-15(4)20(14(3)24-27)23-18(28)6-8-26-7-5-17(25-26)21(29)30/h5,7,9-10H,6,8,11H2,1-4H3,(H,23,28)(H,29,30). The summed E-state index contributed by atoms with van der Waals surface area (Å²) in [4.78, 5) is 23.3. The molecule has 0 fully saturated rings. The summed E-state index contributed by atoms with van der Waals surface area (Å²) in [6, 6.07) is 5.13. The zero-order valence-corrected chi connectivity index (χ0v) is 18.5. The van der Waals surface area contributed by atoms with Crippen LogP contribution in [0.15, 0.2) is 24.4 Å². The lowest BCUT2D eigenvalue weighted by molar-refractivity contribution is -0.116. The Hall–Kier alpha value is -3.33. The van der Waals surface area contributed by atoms with Crippen molar-refractivity contribution >= 4 is 29.2 Å². The van der Waals surface area contributed by atoms with E-state index in [1.54, 1.807) is 4.68 Å². The molecule has 2 heterocycles. The molecule has 0 unspecified atom stereocenters. The van der Waals surface area contributed by atoms with Gasteiger partial charge in [0.1, 0.15) is 5.75 Å². The Balaban J connectivity index is 1.61. The molecule has 9 nitrogen and oxygen atoms in total. The Labute approximate surface area is 184 Å². The molecule has 10 heteroatoms. The average Bonchev–Trinajstić information content (AvgIpc) is 3.29. The number of carbonyl (C=O) groups is 2. The Bertz CT molecular complexity index is 1110. The van der Waals surface area contributed by atoms with Crippen LogP contribution in [0, 0.1) is 27.7 Å². The smallest absolute Gasteiger partial charge is 0.356 e. The molecule has 164 valence electrons. The third-order valence-corrected chi connectivity index (χ3v) is 5.43. The number of nitrogens with zero attached hydrogens (tertiary/aromatic N) is 4. The molecule has 1 aromatic carbocycles. The number of nitrogens with one attached hydrogen (secondary N) is 1. The van der Waals surface area contributed by atoms with Crippen molar-refractivity contribution in [2.75, 3.05) is 5.32 Å². The number of amides is 1. The molecule has 0 aliphatic rings. The minimum atomic E-state index is -1.10. The Morgan fingerprint density at radius 2 is 1.84 bits per heavy atom. The fourth-order valence-corrected chi connectivity index (χ4v) is 3.26. The number of anilines is 1. The van der Waals surface area contributed by atoms with Gasteiger partial charge in [0.25, 0.3) is 0 Å². The summed E-state index contributed by atoms with van der Waals surface area (Å²) in [5.74, 6) is -0.631. The maximum Gasteiger partial charge on any atom is 0.356 e. The predicted molar refractivity (Wildman–Crippen MR) is 116 cm³/mol. The van der Waals surface area contributed by atoms with E-state index in [9.17, 15) is 9.59 Å². The minimum absolute atomic E-state index is 0.0561. The second-order valence-electron chi connectivity index (χ2n) is 7.26. The van der Waals surface area contributed by atoms with E-state index in [0.29, 0.717) is 17.1 Å². The third kappa shape index (κ3) is 5.24. The van der Waals surface area contributed by atoms with Crippen molar-refractivity contribution in [1.29, 1.82) is 0 Å². The van der Waals surface area contributed by atoms with E-state index in [1.807, 2.05) is 39.8 Å². The van der Waals surface area contributed by atoms with Gasteiger partial charge in [-0.25, -0.2) is 9.48 Å². The van der Waals surface area contributed by atoms with Gasteiger partial charge in [0.15, 0.2) is 12.4 Å². The van der Waals surface area contributed by atoms with E-state index in [2.05, 4.69) is 15.5 Å². The lowest BCUT2D eigenvalue weighted by Crippen LogP contribution is -2.16.